The third-order valence-corrected chi connectivity index (χ3v) is 4.52. The van der Waals surface area contributed by atoms with Crippen molar-refractivity contribution in [1.29, 1.82) is 0 Å². The Labute approximate surface area is 164 Å². The van der Waals surface area contributed by atoms with Crippen LogP contribution in [0.2, 0.25) is 5.02 Å². The summed E-state index contributed by atoms with van der Waals surface area (Å²) in [4.78, 5) is 4.46. The van der Waals surface area contributed by atoms with Gasteiger partial charge in [-0.25, -0.2) is 4.39 Å². The molecule has 3 rings (SSSR count). The molecule has 0 saturated heterocycles. The standard InChI is InChI=1S/C18H17BrClFN4O/c1-26-11-3-10-22-18-23-17(16-14(20)4-2-5-15(16)21)24-25(18)13-8-6-12(19)7-9-13/h2,4-9H,3,10-11H2,1H3,(H,22,23,24). The van der Waals surface area contributed by atoms with Crippen molar-refractivity contribution in [3.63, 3.8) is 0 Å². The van der Waals surface area contributed by atoms with Crippen LogP contribution in [0.15, 0.2) is 46.9 Å². The third-order valence-electron chi connectivity index (χ3n) is 3.67. The quantitative estimate of drug-likeness (QED) is 0.530. The van der Waals surface area contributed by atoms with E-state index in [1.165, 1.54) is 6.07 Å². The second kappa shape index (κ2) is 8.62. The number of hydrogen-bond donors (Lipinski definition) is 1. The van der Waals surface area contributed by atoms with Crippen molar-refractivity contribution in [1.82, 2.24) is 14.8 Å². The predicted molar refractivity (Wildman–Crippen MR) is 104 cm³/mol. The molecule has 1 aromatic heterocycles. The van der Waals surface area contributed by atoms with Crippen molar-refractivity contribution in [2.45, 2.75) is 6.42 Å². The van der Waals surface area contributed by atoms with Gasteiger partial charge in [-0.2, -0.15) is 9.67 Å². The summed E-state index contributed by atoms with van der Waals surface area (Å²) in [6, 6.07) is 12.1. The van der Waals surface area contributed by atoms with Crippen LogP contribution in [-0.2, 0) is 4.74 Å². The summed E-state index contributed by atoms with van der Waals surface area (Å²) in [5.74, 6) is 0.277. The molecule has 0 bridgehead atoms. The minimum atomic E-state index is -0.462. The van der Waals surface area contributed by atoms with Gasteiger partial charge in [-0.1, -0.05) is 33.6 Å². The molecule has 136 valence electrons. The summed E-state index contributed by atoms with van der Waals surface area (Å²) in [7, 11) is 1.66. The molecule has 0 fully saturated rings. The molecule has 0 unspecified atom stereocenters. The van der Waals surface area contributed by atoms with E-state index in [9.17, 15) is 4.39 Å². The first kappa shape index (κ1) is 18.8. The number of rotatable bonds is 7. The molecule has 0 atom stereocenters. The summed E-state index contributed by atoms with van der Waals surface area (Å²) >= 11 is 9.58. The molecule has 0 aliphatic rings. The monoisotopic (exact) mass is 438 g/mol. The van der Waals surface area contributed by atoms with Crippen LogP contribution in [0, 0.1) is 5.82 Å². The minimum absolute atomic E-state index is 0.185. The highest BCUT2D eigenvalue weighted by atomic mass is 79.9. The minimum Gasteiger partial charge on any atom is -0.385 e. The number of methoxy groups -OCH3 is 1. The molecule has 3 aromatic rings. The average Bonchev–Trinajstić information content (AvgIpc) is 3.03. The lowest BCUT2D eigenvalue weighted by molar-refractivity contribution is 0.197. The average molecular weight is 440 g/mol. The maximum Gasteiger partial charge on any atom is 0.226 e. The first-order valence-electron chi connectivity index (χ1n) is 8.00. The van der Waals surface area contributed by atoms with Crippen LogP contribution < -0.4 is 5.32 Å². The second-order valence-electron chi connectivity index (χ2n) is 5.52. The first-order valence-corrected chi connectivity index (χ1v) is 9.17. The lowest BCUT2D eigenvalue weighted by atomic mass is 10.2. The van der Waals surface area contributed by atoms with E-state index >= 15 is 0 Å². The van der Waals surface area contributed by atoms with E-state index in [0.717, 1.165) is 16.6 Å². The Morgan fingerprint density at radius 2 is 2.00 bits per heavy atom. The van der Waals surface area contributed by atoms with E-state index in [4.69, 9.17) is 16.3 Å². The van der Waals surface area contributed by atoms with E-state index < -0.39 is 5.82 Å². The van der Waals surface area contributed by atoms with Crippen molar-refractivity contribution in [2.75, 3.05) is 25.6 Å². The second-order valence-corrected chi connectivity index (χ2v) is 6.84. The van der Waals surface area contributed by atoms with Gasteiger partial charge in [-0.05, 0) is 42.8 Å². The van der Waals surface area contributed by atoms with Crippen LogP contribution in [-0.4, -0.2) is 35.0 Å². The Bertz CT molecular complexity index is 865. The Morgan fingerprint density at radius 3 is 2.69 bits per heavy atom. The zero-order chi connectivity index (χ0) is 18.5. The molecule has 0 aliphatic carbocycles. The summed E-state index contributed by atoms with van der Waals surface area (Å²) in [5.41, 5.74) is 0.985. The van der Waals surface area contributed by atoms with Crippen LogP contribution in [0.25, 0.3) is 17.1 Å². The number of anilines is 1. The maximum absolute atomic E-state index is 14.3. The largest absolute Gasteiger partial charge is 0.385 e. The smallest absolute Gasteiger partial charge is 0.226 e. The van der Waals surface area contributed by atoms with Gasteiger partial charge in [0.05, 0.1) is 16.3 Å². The van der Waals surface area contributed by atoms with Gasteiger partial charge in [0.15, 0.2) is 5.82 Å². The number of halogens is 3. The van der Waals surface area contributed by atoms with E-state index in [-0.39, 0.29) is 16.4 Å². The fourth-order valence-corrected chi connectivity index (χ4v) is 2.93. The number of aromatic nitrogens is 3. The van der Waals surface area contributed by atoms with Crippen LogP contribution in [0.3, 0.4) is 0 Å². The van der Waals surface area contributed by atoms with Crippen LogP contribution in [0.4, 0.5) is 10.3 Å². The van der Waals surface area contributed by atoms with Crippen molar-refractivity contribution in [2.24, 2.45) is 0 Å². The van der Waals surface area contributed by atoms with Gasteiger partial charge in [0, 0.05) is 24.7 Å². The molecule has 0 radical (unpaired) electrons. The first-order chi connectivity index (χ1) is 12.6. The van der Waals surface area contributed by atoms with Gasteiger partial charge in [0.1, 0.15) is 5.82 Å². The zero-order valence-electron chi connectivity index (χ0n) is 14.0. The van der Waals surface area contributed by atoms with E-state index in [1.807, 2.05) is 24.3 Å². The van der Waals surface area contributed by atoms with Crippen LogP contribution in [0.5, 0.6) is 0 Å². The molecule has 1 heterocycles. The van der Waals surface area contributed by atoms with Gasteiger partial charge in [0.2, 0.25) is 5.95 Å². The zero-order valence-corrected chi connectivity index (χ0v) is 16.4. The topological polar surface area (TPSA) is 52.0 Å². The van der Waals surface area contributed by atoms with Crippen molar-refractivity contribution >= 4 is 33.5 Å². The highest BCUT2D eigenvalue weighted by molar-refractivity contribution is 9.10. The number of nitrogens with zero attached hydrogens (tertiary/aromatic N) is 3. The Hall–Kier alpha value is -1.96. The SMILES string of the molecule is COCCCNc1nc(-c2c(F)cccc2Cl)nn1-c1ccc(Br)cc1. The highest BCUT2D eigenvalue weighted by Gasteiger charge is 2.18. The van der Waals surface area contributed by atoms with E-state index in [1.54, 1.807) is 23.9 Å². The van der Waals surface area contributed by atoms with Crippen molar-refractivity contribution in [3.05, 3.63) is 57.8 Å². The number of nitrogens with one attached hydrogen (secondary N) is 1. The molecular formula is C18H17BrClFN4O. The molecule has 8 heteroatoms. The van der Waals surface area contributed by atoms with Crippen LogP contribution >= 0.6 is 27.5 Å². The maximum atomic E-state index is 14.3. The van der Waals surface area contributed by atoms with Gasteiger partial charge in [-0.3, -0.25) is 0 Å². The van der Waals surface area contributed by atoms with Gasteiger partial charge in [0.25, 0.3) is 0 Å². The fourth-order valence-electron chi connectivity index (χ4n) is 2.42. The molecule has 5 nitrogen and oxygen atoms in total. The third kappa shape index (κ3) is 4.23. The fraction of sp³-hybridized carbons (Fsp3) is 0.222. The molecule has 0 spiro atoms. The molecular weight excluding hydrogens is 423 g/mol. The molecule has 0 saturated carbocycles. The summed E-state index contributed by atoms with van der Waals surface area (Å²) in [6.07, 6.45) is 0.805. The summed E-state index contributed by atoms with van der Waals surface area (Å²) in [6.45, 7) is 1.28. The van der Waals surface area contributed by atoms with Crippen molar-refractivity contribution in [3.8, 4) is 17.1 Å². The normalized spacial score (nSPS) is 10.9. The lowest BCUT2D eigenvalue weighted by Gasteiger charge is -2.08. The summed E-state index contributed by atoms with van der Waals surface area (Å²) < 4.78 is 21.9. The Balaban J connectivity index is 2.00. The lowest BCUT2D eigenvalue weighted by Crippen LogP contribution is -2.10. The number of benzene rings is 2. The molecule has 26 heavy (non-hydrogen) atoms. The Kier molecular flexibility index (Phi) is 6.24. The molecule has 1 N–H and O–H groups in total. The number of ether oxygens (including phenoxy) is 1. The van der Waals surface area contributed by atoms with Gasteiger partial charge >= 0.3 is 0 Å². The Morgan fingerprint density at radius 1 is 1.23 bits per heavy atom. The van der Waals surface area contributed by atoms with Gasteiger partial charge in [-0.15, -0.1) is 5.10 Å². The summed E-state index contributed by atoms with van der Waals surface area (Å²) in [5, 5.41) is 7.96. The van der Waals surface area contributed by atoms with E-state index in [2.05, 4.69) is 31.3 Å². The van der Waals surface area contributed by atoms with Crippen LogP contribution in [0.1, 0.15) is 6.42 Å². The molecule has 0 aliphatic heterocycles. The predicted octanol–water partition coefficient (Wildman–Crippen LogP) is 4.94. The van der Waals surface area contributed by atoms with Gasteiger partial charge < -0.3 is 10.1 Å². The molecule has 0 amide bonds. The van der Waals surface area contributed by atoms with Crippen molar-refractivity contribution < 1.29 is 9.13 Å². The molecule has 2 aromatic carbocycles. The highest BCUT2D eigenvalue weighted by Crippen LogP contribution is 2.30. The number of hydrogen-bond acceptors (Lipinski definition) is 4. The van der Waals surface area contributed by atoms with E-state index in [0.29, 0.717) is 19.1 Å².